The highest BCUT2D eigenvalue weighted by molar-refractivity contribution is 5.70. The third-order valence-electron chi connectivity index (χ3n) is 3.41. The Hall–Kier alpha value is -1.07. The van der Waals surface area contributed by atoms with Gasteiger partial charge in [-0.05, 0) is 34.6 Å². The van der Waals surface area contributed by atoms with E-state index in [1.165, 1.54) is 4.90 Å². The van der Waals surface area contributed by atoms with E-state index in [4.69, 9.17) is 9.47 Å². The Bertz CT molecular complexity index is 373. The number of carbonyl (C=O) groups excluding carboxylic acids is 1. The van der Waals surface area contributed by atoms with Gasteiger partial charge in [-0.3, -0.25) is 4.90 Å². The van der Waals surface area contributed by atoms with Gasteiger partial charge in [-0.15, -0.1) is 6.58 Å². The van der Waals surface area contributed by atoms with Crippen LogP contribution < -0.4 is 0 Å². The molecule has 1 saturated heterocycles. The van der Waals surface area contributed by atoms with Crippen molar-refractivity contribution in [3.05, 3.63) is 12.7 Å². The first-order valence-electron chi connectivity index (χ1n) is 6.96. The van der Waals surface area contributed by atoms with Gasteiger partial charge < -0.3 is 14.6 Å². The summed E-state index contributed by atoms with van der Waals surface area (Å²) in [6.07, 6.45) is 0.464. The van der Waals surface area contributed by atoms with Crippen molar-refractivity contribution in [3.8, 4) is 0 Å². The quantitative estimate of drug-likeness (QED) is 0.810. The summed E-state index contributed by atoms with van der Waals surface area (Å²) < 4.78 is 11.1. The Morgan fingerprint density at radius 3 is 2.55 bits per heavy atom. The van der Waals surface area contributed by atoms with Gasteiger partial charge in [0.2, 0.25) is 0 Å². The van der Waals surface area contributed by atoms with Crippen molar-refractivity contribution in [2.75, 3.05) is 6.61 Å². The molecule has 0 aromatic rings. The van der Waals surface area contributed by atoms with Crippen molar-refractivity contribution < 1.29 is 19.4 Å². The normalized spacial score (nSPS) is 25.1. The number of hydrogen-bond acceptors (Lipinski definition) is 4. The molecule has 0 aromatic heterocycles. The van der Waals surface area contributed by atoms with Crippen LogP contribution in [-0.4, -0.2) is 46.2 Å². The smallest absolute Gasteiger partial charge is 0.412 e. The molecule has 1 aliphatic rings. The highest BCUT2D eigenvalue weighted by Gasteiger charge is 2.48. The summed E-state index contributed by atoms with van der Waals surface area (Å²) >= 11 is 0. The van der Waals surface area contributed by atoms with Gasteiger partial charge in [0.25, 0.3) is 0 Å². The Morgan fingerprint density at radius 2 is 2.10 bits per heavy atom. The Balaban J connectivity index is 2.96. The van der Waals surface area contributed by atoms with Crippen molar-refractivity contribution in [2.24, 2.45) is 5.92 Å². The molecule has 0 radical (unpaired) electrons. The zero-order valence-corrected chi connectivity index (χ0v) is 13.3. The van der Waals surface area contributed by atoms with E-state index in [1.54, 1.807) is 19.9 Å². The number of aliphatic hydroxyl groups excluding tert-OH is 1. The zero-order chi connectivity index (χ0) is 15.7. The number of nitrogens with zero attached hydrogens (tertiary/aromatic N) is 1. The van der Waals surface area contributed by atoms with Crippen LogP contribution in [0.4, 0.5) is 4.79 Å². The molecule has 3 atom stereocenters. The number of rotatable bonds is 3. The molecule has 0 bridgehead atoms. The van der Waals surface area contributed by atoms with Crippen molar-refractivity contribution in [1.29, 1.82) is 0 Å². The number of ether oxygens (including phenoxy) is 2. The fourth-order valence-corrected chi connectivity index (χ4v) is 2.24. The first kappa shape index (κ1) is 17.0. The predicted octanol–water partition coefficient (Wildman–Crippen LogP) is 2.54. The van der Waals surface area contributed by atoms with Gasteiger partial charge in [-0.25, -0.2) is 4.79 Å². The third-order valence-corrected chi connectivity index (χ3v) is 3.41. The number of carbonyl (C=O) groups is 1. The van der Waals surface area contributed by atoms with Gasteiger partial charge in [-0.1, -0.05) is 13.0 Å². The van der Waals surface area contributed by atoms with Crippen LogP contribution >= 0.6 is 0 Å². The highest BCUT2D eigenvalue weighted by atomic mass is 16.6. The molecule has 1 aliphatic heterocycles. The number of aliphatic hydroxyl groups is 1. The van der Waals surface area contributed by atoms with Gasteiger partial charge in [0.15, 0.2) is 0 Å². The van der Waals surface area contributed by atoms with Crippen LogP contribution in [0.3, 0.4) is 0 Å². The lowest BCUT2D eigenvalue weighted by Gasteiger charge is -2.37. The molecule has 20 heavy (non-hydrogen) atoms. The van der Waals surface area contributed by atoms with Crippen LogP contribution in [-0.2, 0) is 9.47 Å². The molecule has 1 fully saturated rings. The van der Waals surface area contributed by atoms with E-state index in [0.717, 1.165) is 0 Å². The van der Waals surface area contributed by atoms with Crippen LogP contribution in [0.1, 0.15) is 41.5 Å². The molecule has 0 saturated carbocycles. The van der Waals surface area contributed by atoms with Gasteiger partial charge in [0, 0.05) is 5.92 Å². The molecular formula is C15H27NO4. The average molecular weight is 285 g/mol. The Kier molecular flexibility index (Phi) is 4.87. The summed E-state index contributed by atoms with van der Waals surface area (Å²) in [4.78, 5) is 13.9. The first-order valence-corrected chi connectivity index (χ1v) is 6.96. The average Bonchev–Trinajstić information content (AvgIpc) is 2.60. The molecule has 5 heteroatoms. The Morgan fingerprint density at radius 1 is 1.55 bits per heavy atom. The maximum Gasteiger partial charge on any atom is 0.412 e. The SMILES string of the molecule is C=C[C@@H](C)[C@H](O)[C@H]1COC(C)(C)N1C(=O)OC(C)(C)C. The summed E-state index contributed by atoms with van der Waals surface area (Å²) in [5.41, 5.74) is -1.38. The summed E-state index contributed by atoms with van der Waals surface area (Å²) in [5, 5.41) is 10.4. The molecule has 0 spiro atoms. The summed E-state index contributed by atoms with van der Waals surface area (Å²) in [6.45, 7) is 14.8. The van der Waals surface area contributed by atoms with Crippen LogP contribution in [0.15, 0.2) is 12.7 Å². The van der Waals surface area contributed by atoms with Crippen LogP contribution in [0.5, 0.6) is 0 Å². The maximum absolute atomic E-state index is 12.4. The van der Waals surface area contributed by atoms with Crippen molar-refractivity contribution in [1.82, 2.24) is 4.90 Å². The Labute approximate surface area is 121 Å². The van der Waals surface area contributed by atoms with E-state index in [-0.39, 0.29) is 12.5 Å². The lowest BCUT2D eigenvalue weighted by atomic mass is 9.97. The van der Waals surface area contributed by atoms with Gasteiger partial charge in [0.1, 0.15) is 11.3 Å². The minimum absolute atomic E-state index is 0.137. The summed E-state index contributed by atoms with van der Waals surface area (Å²) in [6, 6.07) is -0.437. The van der Waals surface area contributed by atoms with Crippen LogP contribution in [0, 0.1) is 5.92 Å². The summed E-state index contributed by atoms with van der Waals surface area (Å²) in [5.74, 6) is -0.137. The van der Waals surface area contributed by atoms with E-state index < -0.39 is 29.6 Å². The second-order valence-electron chi connectivity index (χ2n) is 6.76. The molecule has 0 aromatic carbocycles. The van der Waals surface area contributed by atoms with Crippen molar-refractivity contribution in [3.63, 3.8) is 0 Å². The predicted molar refractivity (Wildman–Crippen MR) is 77.3 cm³/mol. The van der Waals surface area contributed by atoms with Crippen LogP contribution in [0.2, 0.25) is 0 Å². The minimum atomic E-state index is -0.797. The second kappa shape index (κ2) is 5.74. The van der Waals surface area contributed by atoms with Crippen molar-refractivity contribution in [2.45, 2.75) is 65.0 Å². The third kappa shape index (κ3) is 3.73. The first-order chi connectivity index (χ1) is 8.99. The van der Waals surface area contributed by atoms with Crippen molar-refractivity contribution >= 4 is 6.09 Å². The molecule has 0 unspecified atom stereocenters. The lowest BCUT2D eigenvalue weighted by Crippen LogP contribution is -2.54. The maximum atomic E-state index is 12.4. The molecule has 1 amide bonds. The number of amides is 1. The van der Waals surface area contributed by atoms with Gasteiger partial charge >= 0.3 is 6.09 Å². The molecular weight excluding hydrogens is 258 g/mol. The fraction of sp³-hybridized carbons (Fsp3) is 0.800. The molecule has 1 heterocycles. The fourth-order valence-electron chi connectivity index (χ4n) is 2.24. The van der Waals surface area contributed by atoms with Gasteiger partial charge in [-0.2, -0.15) is 0 Å². The minimum Gasteiger partial charge on any atom is -0.444 e. The largest absolute Gasteiger partial charge is 0.444 e. The number of hydrogen-bond donors (Lipinski definition) is 1. The topological polar surface area (TPSA) is 59.0 Å². The van der Waals surface area contributed by atoms with E-state index in [1.807, 2.05) is 27.7 Å². The van der Waals surface area contributed by atoms with E-state index >= 15 is 0 Å². The molecule has 1 N–H and O–H groups in total. The van der Waals surface area contributed by atoms with E-state index in [2.05, 4.69) is 6.58 Å². The van der Waals surface area contributed by atoms with Crippen LogP contribution in [0.25, 0.3) is 0 Å². The molecule has 0 aliphatic carbocycles. The molecule has 5 nitrogen and oxygen atoms in total. The standard InChI is InChI=1S/C15H27NO4/c1-8-10(2)12(17)11-9-19-15(6,7)16(11)13(18)20-14(3,4)5/h8,10-12,17H,1,9H2,2-7H3/t10-,11-,12+/m1/s1. The molecule has 116 valence electrons. The summed E-state index contributed by atoms with van der Waals surface area (Å²) in [7, 11) is 0. The highest BCUT2D eigenvalue weighted by Crippen LogP contribution is 2.32. The van der Waals surface area contributed by atoms with E-state index in [9.17, 15) is 9.90 Å². The lowest BCUT2D eigenvalue weighted by molar-refractivity contribution is -0.0692. The van der Waals surface area contributed by atoms with E-state index in [0.29, 0.717) is 0 Å². The monoisotopic (exact) mass is 285 g/mol. The zero-order valence-electron chi connectivity index (χ0n) is 13.3. The second-order valence-corrected chi connectivity index (χ2v) is 6.76. The molecule has 1 rings (SSSR count). The van der Waals surface area contributed by atoms with Gasteiger partial charge in [0.05, 0.1) is 18.8 Å².